The van der Waals surface area contributed by atoms with Crippen LogP contribution in [0.3, 0.4) is 0 Å². The van der Waals surface area contributed by atoms with Crippen LogP contribution in [-0.2, 0) is 9.59 Å². The zero-order valence-corrected chi connectivity index (χ0v) is 11.8. The van der Waals surface area contributed by atoms with Crippen LogP contribution < -0.4 is 0 Å². The Labute approximate surface area is 116 Å². The summed E-state index contributed by atoms with van der Waals surface area (Å²) in [5.41, 5.74) is 0.660. The van der Waals surface area contributed by atoms with Gasteiger partial charge in [-0.15, -0.1) is 11.8 Å². The second-order valence-corrected chi connectivity index (χ2v) is 5.55. The third kappa shape index (κ3) is 3.10. The lowest BCUT2D eigenvalue weighted by Crippen LogP contribution is -2.39. The van der Waals surface area contributed by atoms with Crippen LogP contribution in [0.4, 0.5) is 0 Å². The molecular formula is C14H17NO3S. The molecule has 1 amide bonds. The van der Waals surface area contributed by atoms with Crippen LogP contribution in [0, 0.1) is 0 Å². The van der Waals surface area contributed by atoms with E-state index in [1.54, 1.807) is 23.9 Å². The number of aliphatic carboxylic acids is 1. The van der Waals surface area contributed by atoms with E-state index in [0.29, 0.717) is 5.56 Å². The van der Waals surface area contributed by atoms with E-state index >= 15 is 0 Å². The molecule has 1 aromatic rings. The van der Waals surface area contributed by atoms with E-state index in [-0.39, 0.29) is 11.9 Å². The Morgan fingerprint density at radius 2 is 1.89 bits per heavy atom. The van der Waals surface area contributed by atoms with E-state index in [4.69, 9.17) is 0 Å². The summed E-state index contributed by atoms with van der Waals surface area (Å²) in [6.07, 6.45) is 3.76. The highest BCUT2D eigenvalue weighted by molar-refractivity contribution is 7.98. The summed E-state index contributed by atoms with van der Waals surface area (Å²) in [6, 6.07) is 6.58. The minimum Gasteiger partial charge on any atom is -0.479 e. The number of nitrogens with zero attached hydrogens (tertiary/aromatic N) is 1. The molecule has 19 heavy (non-hydrogen) atoms. The molecule has 0 aliphatic heterocycles. The lowest BCUT2D eigenvalue weighted by atomic mass is 10.1. The van der Waals surface area contributed by atoms with Crippen LogP contribution in [-0.4, -0.2) is 34.2 Å². The molecule has 1 aliphatic carbocycles. The molecule has 1 aromatic carbocycles. The Morgan fingerprint density at radius 3 is 2.26 bits per heavy atom. The number of hydrogen-bond donors (Lipinski definition) is 1. The van der Waals surface area contributed by atoms with E-state index in [9.17, 15) is 14.7 Å². The number of carboxylic acid groups (broad SMARTS) is 1. The highest BCUT2D eigenvalue weighted by Crippen LogP contribution is 2.35. The SMILES string of the molecule is CSc1ccc(C(C(=O)O)N(C(C)=O)C2CC2)cc1. The van der Waals surface area contributed by atoms with Crippen molar-refractivity contribution in [3.8, 4) is 0 Å². The van der Waals surface area contributed by atoms with Gasteiger partial charge in [-0.3, -0.25) is 4.79 Å². The maximum atomic E-state index is 11.7. The molecule has 1 fully saturated rings. The summed E-state index contributed by atoms with van der Waals surface area (Å²) in [7, 11) is 0. The fourth-order valence-corrected chi connectivity index (χ4v) is 2.62. The Balaban J connectivity index is 2.32. The van der Waals surface area contributed by atoms with Crippen molar-refractivity contribution in [3.63, 3.8) is 0 Å². The normalized spacial score (nSPS) is 15.9. The minimum atomic E-state index is -0.973. The van der Waals surface area contributed by atoms with Crippen molar-refractivity contribution >= 4 is 23.6 Å². The van der Waals surface area contributed by atoms with Crippen molar-refractivity contribution in [2.75, 3.05) is 6.26 Å². The topological polar surface area (TPSA) is 57.6 Å². The zero-order chi connectivity index (χ0) is 14.0. The van der Waals surface area contributed by atoms with Gasteiger partial charge in [0.1, 0.15) is 0 Å². The summed E-state index contributed by atoms with van der Waals surface area (Å²) in [5.74, 6) is -1.15. The van der Waals surface area contributed by atoms with Crippen molar-refractivity contribution in [1.29, 1.82) is 0 Å². The van der Waals surface area contributed by atoms with Crippen molar-refractivity contribution < 1.29 is 14.7 Å². The van der Waals surface area contributed by atoms with Gasteiger partial charge in [-0.25, -0.2) is 4.79 Å². The molecule has 1 aliphatic rings. The van der Waals surface area contributed by atoms with E-state index in [1.165, 1.54) is 11.8 Å². The van der Waals surface area contributed by atoms with Crippen molar-refractivity contribution in [3.05, 3.63) is 29.8 Å². The van der Waals surface area contributed by atoms with Gasteiger partial charge in [0.2, 0.25) is 5.91 Å². The predicted molar refractivity (Wildman–Crippen MR) is 74.1 cm³/mol. The van der Waals surface area contributed by atoms with Crippen LogP contribution in [0.1, 0.15) is 31.4 Å². The van der Waals surface area contributed by atoms with E-state index in [0.717, 1.165) is 17.7 Å². The van der Waals surface area contributed by atoms with Crippen molar-refractivity contribution in [1.82, 2.24) is 4.90 Å². The first-order valence-corrected chi connectivity index (χ1v) is 7.42. The summed E-state index contributed by atoms with van der Waals surface area (Å²) >= 11 is 1.60. The number of carbonyl (C=O) groups is 2. The summed E-state index contributed by atoms with van der Waals surface area (Å²) in [4.78, 5) is 25.8. The Bertz CT molecular complexity index is 482. The number of carboxylic acids is 1. The number of carbonyl (C=O) groups excluding carboxylic acids is 1. The summed E-state index contributed by atoms with van der Waals surface area (Å²) < 4.78 is 0. The van der Waals surface area contributed by atoms with Gasteiger partial charge in [0.25, 0.3) is 0 Å². The first-order valence-electron chi connectivity index (χ1n) is 6.20. The molecule has 0 aromatic heterocycles. The maximum Gasteiger partial charge on any atom is 0.331 e. The average molecular weight is 279 g/mol. The minimum absolute atomic E-state index is 0.0822. The highest BCUT2D eigenvalue weighted by Gasteiger charge is 2.39. The molecule has 0 bridgehead atoms. The van der Waals surface area contributed by atoms with Gasteiger partial charge in [-0.2, -0.15) is 0 Å². The molecule has 102 valence electrons. The monoisotopic (exact) mass is 279 g/mol. The van der Waals surface area contributed by atoms with Gasteiger partial charge in [0.15, 0.2) is 6.04 Å². The van der Waals surface area contributed by atoms with Crippen molar-refractivity contribution in [2.24, 2.45) is 0 Å². The van der Waals surface area contributed by atoms with Crippen LogP contribution in [0.15, 0.2) is 29.2 Å². The molecule has 4 nitrogen and oxygen atoms in total. The fourth-order valence-electron chi connectivity index (χ4n) is 2.21. The number of thioether (sulfide) groups is 1. The number of benzene rings is 1. The lowest BCUT2D eigenvalue weighted by Gasteiger charge is -2.28. The molecule has 1 atom stereocenters. The standard InChI is InChI=1S/C14H17NO3S/c1-9(16)15(11-5-6-11)13(14(17)18)10-3-7-12(19-2)8-4-10/h3-4,7-8,11,13H,5-6H2,1-2H3,(H,17,18). The smallest absolute Gasteiger partial charge is 0.331 e. The predicted octanol–water partition coefficient (Wildman–Crippen LogP) is 2.55. The molecule has 0 radical (unpaired) electrons. The lowest BCUT2D eigenvalue weighted by molar-refractivity contribution is -0.150. The molecule has 5 heteroatoms. The van der Waals surface area contributed by atoms with Crippen LogP contribution in [0.2, 0.25) is 0 Å². The third-order valence-electron chi connectivity index (χ3n) is 3.25. The van der Waals surface area contributed by atoms with E-state index in [2.05, 4.69) is 0 Å². The fraction of sp³-hybridized carbons (Fsp3) is 0.429. The van der Waals surface area contributed by atoms with E-state index < -0.39 is 12.0 Å². The Hall–Kier alpha value is -1.49. The highest BCUT2D eigenvalue weighted by atomic mass is 32.2. The summed E-state index contributed by atoms with van der Waals surface area (Å²) in [6.45, 7) is 1.44. The molecule has 0 saturated heterocycles. The van der Waals surface area contributed by atoms with Crippen LogP contribution in [0.25, 0.3) is 0 Å². The maximum absolute atomic E-state index is 11.7. The molecular weight excluding hydrogens is 262 g/mol. The second kappa shape index (κ2) is 5.65. The quantitative estimate of drug-likeness (QED) is 0.842. The molecule has 2 rings (SSSR count). The molecule has 1 N–H and O–H groups in total. The molecule has 0 heterocycles. The van der Waals surface area contributed by atoms with Crippen molar-refractivity contribution in [2.45, 2.75) is 36.7 Å². The van der Waals surface area contributed by atoms with Gasteiger partial charge < -0.3 is 10.0 Å². The largest absolute Gasteiger partial charge is 0.479 e. The average Bonchev–Trinajstić information content (AvgIpc) is 3.19. The molecule has 0 spiro atoms. The Kier molecular flexibility index (Phi) is 4.14. The van der Waals surface area contributed by atoms with Gasteiger partial charge in [0.05, 0.1) is 0 Å². The van der Waals surface area contributed by atoms with E-state index in [1.807, 2.05) is 18.4 Å². The first kappa shape index (κ1) is 13.9. The molecule has 1 unspecified atom stereocenters. The van der Waals surface area contributed by atoms with Crippen LogP contribution in [0.5, 0.6) is 0 Å². The Morgan fingerprint density at radius 1 is 1.32 bits per heavy atom. The number of rotatable bonds is 5. The summed E-state index contributed by atoms with van der Waals surface area (Å²) in [5, 5.41) is 9.45. The number of amides is 1. The van der Waals surface area contributed by atoms with Gasteiger partial charge in [0, 0.05) is 17.9 Å². The second-order valence-electron chi connectivity index (χ2n) is 4.67. The van der Waals surface area contributed by atoms with Crippen LogP contribution >= 0.6 is 11.8 Å². The van der Waals surface area contributed by atoms with Gasteiger partial charge in [-0.1, -0.05) is 12.1 Å². The zero-order valence-electron chi connectivity index (χ0n) is 11.0. The first-order chi connectivity index (χ1) is 9.04. The number of hydrogen-bond acceptors (Lipinski definition) is 3. The van der Waals surface area contributed by atoms with Gasteiger partial charge in [-0.05, 0) is 36.8 Å². The molecule has 1 saturated carbocycles. The van der Waals surface area contributed by atoms with Gasteiger partial charge >= 0.3 is 5.97 Å². The third-order valence-corrected chi connectivity index (χ3v) is 3.99.